The molecule has 14 heavy (non-hydrogen) atoms. The molecule has 0 radical (unpaired) electrons. The summed E-state index contributed by atoms with van der Waals surface area (Å²) in [4.78, 5) is 2.34. The van der Waals surface area contributed by atoms with E-state index in [0.717, 1.165) is 25.6 Å². The van der Waals surface area contributed by atoms with Gasteiger partial charge in [0.2, 0.25) is 0 Å². The van der Waals surface area contributed by atoms with Gasteiger partial charge in [-0.3, -0.25) is 0 Å². The van der Waals surface area contributed by atoms with E-state index in [1.165, 1.54) is 19.3 Å². The van der Waals surface area contributed by atoms with Crippen molar-refractivity contribution in [2.45, 2.75) is 26.2 Å². The van der Waals surface area contributed by atoms with E-state index < -0.39 is 0 Å². The van der Waals surface area contributed by atoms with E-state index in [4.69, 9.17) is 4.74 Å². The van der Waals surface area contributed by atoms with E-state index in [1.807, 2.05) is 0 Å². The zero-order valence-corrected chi connectivity index (χ0v) is 9.75. The van der Waals surface area contributed by atoms with E-state index >= 15 is 0 Å². The predicted molar refractivity (Wildman–Crippen MR) is 60.5 cm³/mol. The summed E-state index contributed by atoms with van der Waals surface area (Å²) in [6, 6.07) is 0. The lowest BCUT2D eigenvalue weighted by molar-refractivity contribution is 0.164. The van der Waals surface area contributed by atoms with Crippen LogP contribution in [0.2, 0.25) is 0 Å². The molecular weight excluding hydrogens is 174 g/mol. The van der Waals surface area contributed by atoms with Crippen molar-refractivity contribution in [2.24, 2.45) is 5.92 Å². The second-order valence-corrected chi connectivity index (χ2v) is 4.34. The lowest BCUT2D eigenvalue weighted by Gasteiger charge is -2.25. The Bertz CT molecular complexity index is 189. The minimum absolute atomic E-state index is 0.786. The molecule has 1 unspecified atom stereocenters. The molecule has 1 aliphatic rings. The van der Waals surface area contributed by atoms with Gasteiger partial charge >= 0.3 is 0 Å². The van der Waals surface area contributed by atoms with Crippen LogP contribution in [0.4, 0.5) is 0 Å². The molecule has 0 aromatic carbocycles. The quantitative estimate of drug-likeness (QED) is 0.627. The molecule has 0 N–H and O–H groups in total. The van der Waals surface area contributed by atoms with Crippen LogP contribution < -0.4 is 0 Å². The van der Waals surface area contributed by atoms with Crippen molar-refractivity contribution in [2.75, 3.05) is 33.9 Å². The first-order valence-corrected chi connectivity index (χ1v) is 5.60. The van der Waals surface area contributed by atoms with Crippen molar-refractivity contribution in [3.63, 3.8) is 0 Å². The van der Waals surface area contributed by atoms with Gasteiger partial charge in [0.25, 0.3) is 0 Å². The van der Waals surface area contributed by atoms with E-state index in [-0.39, 0.29) is 0 Å². The summed E-state index contributed by atoms with van der Waals surface area (Å²) in [6.45, 7) is 5.32. The first-order chi connectivity index (χ1) is 6.74. The molecule has 0 aromatic rings. The highest BCUT2D eigenvalue weighted by Crippen LogP contribution is 2.24. The van der Waals surface area contributed by atoms with Crippen LogP contribution in [0, 0.1) is 5.92 Å². The molecule has 0 spiro atoms. The van der Waals surface area contributed by atoms with E-state index in [2.05, 4.69) is 24.9 Å². The summed E-state index contributed by atoms with van der Waals surface area (Å²) in [5.41, 5.74) is 1.62. The van der Waals surface area contributed by atoms with Crippen molar-refractivity contribution < 1.29 is 4.74 Å². The average molecular weight is 197 g/mol. The van der Waals surface area contributed by atoms with Gasteiger partial charge in [0.15, 0.2) is 0 Å². The highest BCUT2D eigenvalue weighted by molar-refractivity contribution is 5.10. The molecule has 0 fully saturated rings. The fraction of sp³-hybridized carbons (Fsp3) is 0.833. The van der Waals surface area contributed by atoms with Crippen molar-refractivity contribution in [3.05, 3.63) is 11.6 Å². The number of methoxy groups -OCH3 is 1. The molecule has 1 aliphatic carbocycles. The van der Waals surface area contributed by atoms with Crippen LogP contribution in [0.1, 0.15) is 26.2 Å². The second-order valence-electron chi connectivity index (χ2n) is 4.34. The maximum atomic E-state index is 5.07. The topological polar surface area (TPSA) is 12.5 Å². The molecule has 1 atom stereocenters. The highest BCUT2D eigenvalue weighted by atomic mass is 16.5. The van der Waals surface area contributed by atoms with Gasteiger partial charge in [-0.25, -0.2) is 0 Å². The molecule has 0 amide bonds. The predicted octanol–water partition coefficient (Wildman–Crippen LogP) is 2.31. The number of ether oxygens (including phenoxy) is 1. The third kappa shape index (κ3) is 3.81. The zero-order valence-electron chi connectivity index (χ0n) is 9.75. The SMILES string of the molecule is COCCN(C)CC1=CCCCC1C. The van der Waals surface area contributed by atoms with Crippen molar-refractivity contribution in [1.29, 1.82) is 0 Å². The van der Waals surface area contributed by atoms with E-state index in [9.17, 15) is 0 Å². The van der Waals surface area contributed by atoms with Crippen LogP contribution in [-0.2, 0) is 4.74 Å². The van der Waals surface area contributed by atoms with Crippen molar-refractivity contribution in [1.82, 2.24) is 4.90 Å². The third-order valence-corrected chi connectivity index (χ3v) is 3.01. The molecule has 0 heterocycles. The molecule has 1 rings (SSSR count). The van der Waals surface area contributed by atoms with E-state index in [0.29, 0.717) is 0 Å². The molecule has 2 nitrogen and oxygen atoms in total. The molecular formula is C12H23NO. The maximum Gasteiger partial charge on any atom is 0.0589 e. The van der Waals surface area contributed by atoms with Gasteiger partial charge in [-0.15, -0.1) is 0 Å². The van der Waals surface area contributed by atoms with Gasteiger partial charge in [-0.05, 0) is 32.2 Å². The molecule has 0 saturated carbocycles. The molecule has 2 heteroatoms. The fourth-order valence-corrected chi connectivity index (χ4v) is 1.96. The van der Waals surface area contributed by atoms with Crippen molar-refractivity contribution >= 4 is 0 Å². The fourth-order valence-electron chi connectivity index (χ4n) is 1.96. The minimum atomic E-state index is 0.786. The standard InChI is InChI=1S/C12H23NO/c1-11-6-4-5-7-12(11)10-13(2)8-9-14-3/h7,11H,4-6,8-10H2,1-3H3. The molecule has 0 aromatic heterocycles. The van der Waals surface area contributed by atoms with E-state index in [1.54, 1.807) is 12.7 Å². The monoisotopic (exact) mass is 197 g/mol. The normalized spacial score (nSPS) is 22.6. The smallest absolute Gasteiger partial charge is 0.0589 e. The Hall–Kier alpha value is -0.340. The van der Waals surface area contributed by atoms with Crippen LogP contribution in [0.3, 0.4) is 0 Å². The summed E-state index contributed by atoms with van der Waals surface area (Å²) in [5.74, 6) is 0.786. The lowest BCUT2D eigenvalue weighted by Crippen LogP contribution is -2.27. The van der Waals surface area contributed by atoms with Gasteiger partial charge < -0.3 is 9.64 Å². The summed E-state index contributed by atoms with van der Waals surface area (Å²) in [5, 5.41) is 0. The third-order valence-electron chi connectivity index (χ3n) is 3.01. The Morgan fingerprint density at radius 2 is 2.36 bits per heavy atom. The Kier molecular flexibility index (Phi) is 5.20. The van der Waals surface area contributed by atoms with Crippen molar-refractivity contribution in [3.8, 4) is 0 Å². The summed E-state index contributed by atoms with van der Waals surface area (Å²) in [6.07, 6.45) is 6.44. The van der Waals surface area contributed by atoms with Crippen LogP contribution in [0.15, 0.2) is 11.6 Å². The number of allylic oxidation sites excluding steroid dienone is 1. The largest absolute Gasteiger partial charge is 0.383 e. The zero-order chi connectivity index (χ0) is 10.4. The van der Waals surface area contributed by atoms with Crippen LogP contribution in [-0.4, -0.2) is 38.8 Å². The molecule has 0 saturated heterocycles. The molecule has 82 valence electrons. The molecule has 0 aliphatic heterocycles. The maximum absolute atomic E-state index is 5.07. The summed E-state index contributed by atoms with van der Waals surface area (Å²) in [7, 11) is 3.93. The Labute approximate surface area is 87.9 Å². The first kappa shape index (κ1) is 11.7. The van der Waals surface area contributed by atoms with Gasteiger partial charge in [0.1, 0.15) is 0 Å². The van der Waals surface area contributed by atoms with Crippen LogP contribution in [0.5, 0.6) is 0 Å². The number of rotatable bonds is 5. The minimum Gasteiger partial charge on any atom is -0.383 e. The Morgan fingerprint density at radius 3 is 3.00 bits per heavy atom. The van der Waals surface area contributed by atoms with Gasteiger partial charge in [0.05, 0.1) is 6.61 Å². The lowest BCUT2D eigenvalue weighted by atomic mass is 9.89. The van der Waals surface area contributed by atoms with Crippen LogP contribution >= 0.6 is 0 Å². The number of hydrogen-bond acceptors (Lipinski definition) is 2. The Balaban J connectivity index is 2.31. The summed E-state index contributed by atoms with van der Waals surface area (Å²) < 4.78 is 5.07. The Morgan fingerprint density at radius 1 is 1.57 bits per heavy atom. The van der Waals surface area contributed by atoms with Gasteiger partial charge in [0, 0.05) is 20.2 Å². The average Bonchev–Trinajstić information content (AvgIpc) is 2.18. The summed E-state index contributed by atoms with van der Waals surface area (Å²) >= 11 is 0. The number of hydrogen-bond donors (Lipinski definition) is 0. The van der Waals surface area contributed by atoms with Crippen LogP contribution in [0.25, 0.3) is 0 Å². The number of likely N-dealkylation sites (N-methyl/N-ethyl adjacent to an activating group) is 1. The second kappa shape index (κ2) is 6.20. The van der Waals surface area contributed by atoms with Gasteiger partial charge in [-0.2, -0.15) is 0 Å². The number of nitrogens with zero attached hydrogens (tertiary/aromatic N) is 1. The highest BCUT2D eigenvalue weighted by Gasteiger charge is 2.13. The van der Waals surface area contributed by atoms with Gasteiger partial charge in [-0.1, -0.05) is 18.6 Å². The molecule has 0 bridgehead atoms. The first-order valence-electron chi connectivity index (χ1n) is 5.60.